The van der Waals surface area contributed by atoms with Gasteiger partial charge in [-0.25, -0.2) is 4.68 Å². The van der Waals surface area contributed by atoms with Gasteiger partial charge in [-0.2, -0.15) is 10.2 Å². The second kappa shape index (κ2) is 11.6. The van der Waals surface area contributed by atoms with Gasteiger partial charge in [0.05, 0.1) is 25.6 Å². The molecule has 180 valence electrons. The van der Waals surface area contributed by atoms with Gasteiger partial charge in [0.25, 0.3) is 0 Å². The van der Waals surface area contributed by atoms with E-state index in [1.807, 2.05) is 35.1 Å². The largest absolute Gasteiger partial charge is 0.551 e. The van der Waals surface area contributed by atoms with E-state index in [-0.39, 0.29) is 11.5 Å². The zero-order valence-electron chi connectivity index (χ0n) is 19.4. The Hall–Kier alpha value is -3.50. The van der Waals surface area contributed by atoms with Crippen molar-refractivity contribution < 1.29 is 19.6 Å². The van der Waals surface area contributed by atoms with E-state index in [1.165, 1.54) is 6.07 Å². The van der Waals surface area contributed by atoms with Crippen molar-refractivity contribution in [2.75, 3.05) is 39.5 Å². The van der Waals surface area contributed by atoms with Crippen molar-refractivity contribution in [3.63, 3.8) is 0 Å². The summed E-state index contributed by atoms with van der Waals surface area (Å²) in [5.74, 6) is 0. The van der Waals surface area contributed by atoms with E-state index in [0.29, 0.717) is 24.4 Å². The topological polar surface area (TPSA) is 109 Å². The Balaban J connectivity index is 1.40. The van der Waals surface area contributed by atoms with Crippen LogP contribution in [0.4, 0.5) is 5.69 Å². The third-order valence-electron chi connectivity index (χ3n) is 5.52. The highest BCUT2D eigenvalue weighted by Crippen LogP contribution is 2.10. The lowest BCUT2D eigenvalue weighted by Crippen LogP contribution is -2.67. The molecule has 0 aliphatic carbocycles. The molecule has 3 heterocycles. The molecule has 0 amide bonds. The number of ether oxygens (including phenoxy) is 2. The molecule has 0 saturated carbocycles. The molecule has 0 atom stereocenters. The molecule has 0 unspecified atom stereocenters. The summed E-state index contributed by atoms with van der Waals surface area (Å²) < 4.78 is 14.3. The maximum atomic E-state index is 12.4. The first-order valence-corrected chi connectivity index (χ1v) is 11.6. The molecule has 0 spiro atoms. The molecule has 1 saturated heterocycles. The van der Waals surface area contributed by atoms with E-state index < -0.39 is 0 Å². The standard InChI is InChI=1S/C24H30N6O4/c1-2-7-29-18-21(17-25-29)30-8-6-23(31)22(27-30)16-19-4-3-5-20(15-19)26-24(32)34-14-11-28-9-12-33-13-10-28/h3-6,8,15,17-18H,2,7,9-14,16H2,1H3,(H,26,32)/p+1. The van der Waals surface area contributed by atoms with Crippen molar-refractivity contribution in [1.29, 1.82) is 0 Å². The Morgan fingerprint density at radius 3 is 2.91 bits per heavy atom. The van der Waals surface area contributed by atoms with E-state index in [9.17, 15) is 9.90 Å². The van der Waals surface area contributed by atoms with Gasteiger partial charge in [-0.3, -0.25) is 14.4 Å². The predicted molar refractivity (Wildman–Crippen MR) is 127 cm³/mol. The summed E-state index contributed by atoms with van der Waals surface area (Å²) in [5.41, 5.74) is 2.65. The lowest BCUT2D eigenvalue weighted by Gasteiger charge is -2.25. The van der Waals surface area contributed by atoms with Gasteiger partial charge < -0.3 is 14.6 Å². The predicted octanol–water partition coefficient (Wildman–Crippen LogP) is 0.405. The third kappa shape index (κ3) is 6.52. The fourth-order valence-electron chi connectivity index (χ4n) is 3.74. The quantitative estimate of drug-likeness (QED) is 0.347. The Labute approximate surface area is 198 Å². The van der Waals surface area contributed by atoms with Crippen LogP contribution in [0.1, 0.15) is 24.6 Å². The van der Waals surface area contributed by atoms with Gasteiger partial charge in [0.1, 0.15) is 18.0 Å². The van der Waals surface area contributed by atoms with Crippen molar-refractivity contribution in [3.05, 3.63) is 70.4 Å². The van der Waals surface area contributed by atoms with Crippen molar-refractivity contribution in [2.24, 2.45) is 0 Å². The highest BCUT2D eigenvalue weighted by molar-refractivity contribution is 5.58. The molecule has 0 radical (unpaired) electrons. The average Bonchev–Trinajstić information content (AvgIpc) is 3.30. The summed E-state index contributed by atoms with van der Waals surface area (Å²) in [6, 6.07) is 8.97. The van der Waals surface area contributed by atoms with Crippen LogP contribution in [0.2, 0.25) is 0 Å². The fraction of sp³-hybridized carbons (Fsp3) is 0.417. The van der Waals surface area contributed by atoms with E-state index in [0.717, 1.165) is 57.1 Å². The molecular formula is C24H31N6O4+. The Bertz CT molecular complexity index is 1170. The van der Waals surface area contributed by atoms with Gasteiger partial charge in [-0.05, 0) is 12.0 Å². The van der Waals surface area contributed by atoms with Gasteiger partial charge in [0.2, 0.25) is 11.1 Å². The van der Waals surface area contributed by atoms with E-state index >= 15 is 0 Å². The summed E-state index contributed by atoms with van der Waals surface area (Å²) >= 11 is 0. The number of aliphatic hydroxyl groups is 1. The summed E-state index contributed by atoms with van der Waals surface area (Å²) in [6.45, 7) is 7.21. The number of aliphatic hydroxyl groups excluding tert-OH is 1. The molecule has 10 heteroatoms. The number of rotatable bonds is 9. The monoisotopic (exact) mass is 467 g/mol. The van der Waals surface area contributed by atoms with Crippen LogP contribution in [0.5, 0.6) is 0 Å². The maximum Gasteiger partial charge on any atom is 0.551 e. The highest BCUT2D eigenvalue weighted by Gasteiger charge is 2.13. The molecule has 3 aromatic rings. The highest BCUT2D eigenvalue weighted by atomic mass is 16.6. The molecule has 1 aliphatic rings. The van der Waals surface area contributed by atoms with Crippen LogP contribution in [-0.2, 0) is 22.4 Å². The van der Waals surface area contributed by atoms with Crippen LogP contribution in [0, 0.1) is 0 Å². The van der Waals surface area contributed by atoms with E-state index in [4.69, 9.17) is 9.47 Å². The summed E-state index contributed by atoms with van der Waals surface area (Å²) in [4.78, 5) is 17.5. The zero-order valence-corrected chi connectivity index (χ0v) is 19.4. The summed E-state index contributed by atoms with van der Waals surface area (Å²) in [6.07, 6.45) is 6.39. The summed E-state index contributed by atoms with van der Waals surface area (Å²) in [5, 5.41) is 19.0. The van der Waals surface area contributed by atoms with Gasteiger partial charge in [-0.15, -0.1) is 4.99 Å². The first kappa shape index (κ1) is 23.7. The zero-order chi connectivity index (χ0) is 23.8. The number of morpholine rings is 1. The normalized spacial score (nSPS) is 14.9. The maximum absolute atomic E-state index is 12.4. The number of aryl methyl sites for hydroxylation is 1. The van der Waals surface area contributed by atoms with Gasteiger partial charge >= 0.3 is 6.08 Å². The molecule has 1 aromatic carbocycles. The molecule has 10 nitrogen and oxygen atoms in total. The van der Waals surface area contributed by atoms with E-state index in [1.54, 1.807) is 17.1 Å². The van der Waals surface area contributed by atoms with Crippen LogP contribution in [-0.4, -0.2) is 75.1 Å². The van der Waals surface area contributed by atoms with Crippen molar-refractivity contribution in [3.8, 4) is 5.69 Å². The smallest absolute Gasteiger partial charge is 0.430 e. The van der Waals surface area contributed by atoms with Crippen LogP contribution in [0.15, 0.2) is 53.7 Å². The SMILES string of the molecule is CCCn1cc(-n2ccc(=O)c(Cc3cccc([NH+]=C(O)OCCN4CCOCC4)c3)n2)cn1. The van der Waals surface area contributed by atoms with Gasteiger partial charge in [0.15, 0.2) is 0 Å². The number of aromatic nitrogens is 4. The van der Waals surface area contributed by atoms with Crippen molar-refractivity contribution >= 4 is 11.8 Å². The third-order valence-corrected chi connectivity index (χ3v) is 5.52. The fourth-order valence-corrected chi connectivity index (χ4v) is 3.74. The van der Waals surface area contributed by atoms with Crippen LogP contribution < -0.4 is 10.4 Å². The van der Waals surface area contributed by atoms with Crippen LogP contribution in [0.25, 0.3) is 5.69 Å². The van der Waals surface area contributed by atoms with Crippen LogP contribution in [0.3, 0.4) is 0 Å². The molecule has 0 bridgehead atoms. The van der Waals surface area contributed by atoms with E-state index in [2.05, 4.69) is 27.0 Å². The minimum atomic E-state index is -0.255. The molecule has 2 aromatic heterocycles. The molecular weight excluding hydrogens is 436 g/mol. The van der Waals surface area contributed by atoms with Crippen LogP contribution >= 0.6 is 0 Å². The average molecular weight is 468 g/mol. The number of hydrogen-bond acceptors (Lipinski definition) is 6. The minimum absolute atomic E-state index is 0.128. The molecule has 2 N–H and O–H groups in total. The van der Waals surface area contributed by atoms with Gasteiger partial charge in [-0.1, -0.05) is 19.1 Å². The number of nitrogens with zero attached hydrogens (tertiary/aromatic N) is 5. The molecule has 34 heavy (non-hydrogen) atoms. The van der Waals surface area contributed by atoms with Crippen molar-refractivity contribution in [1.82, 2.24) is 24.5 Å². The molecule has 4 rings (SSSR count). The van der Waals surface area contributed by atoms with Crippen molar-refractivity contribution in [2.45, 2.75) is 26.3 Å². The lowest BCUT2D eigenvalue weighted by molar-refractivity contribution is -0.382. The first-order chi connectivity index (χ1) is 16.6. The first-order valence-electron chi connectivity index (χ1n) is 11.6. The minimum Gasteiger partial charge on any atom is -0.430 e. The second-order valence-electron chi connectivity index (χ2n) is 8.14. The number of hydrogen-bond donors (Lipinski definition) is 2. The Morgan fingerprint density at radius 2 is 2.09 bits per heavy atom. The van der Waals surface area contributed by atoms with Gasteiger partial charge in [0, 0.05) is 57.0 Å². The number of nitrogens with one attached hydrogen (secondary N) is 1. The number of benzene rings is 1. The lowest BCUT2D eigenvalue weighted by atomic mass is 10.1. The summed E-state index contributed by atoms with van der Waals surface area (Å²) in [7, 11) is 0. The Kier molecular flexibility index (Phi) is 8.05. The molecule has 1 fully saturated rings. The Morgan fingerprint density at radius 1 is 1.24 bits per heavy atom. The second-order valence-corrected chi connectivity index (χ2v) is 8.14. The molecule has 1 aliphatic heterocycles.